The number of hydrogen-bond acceptors (Lipinski definition) is 2. The summed E-state index contributed by atoms with van der Waals surface area (Å²) in [6.45, 7) is 6.20. The van der Waals surface area contributed by atoms with Crippen LogP contribution in [-0.4, -0.2) is 18.8 Å². The van der Waals surface area contributed by atoms with Crippen LogP contribution in [0.1, 0.15) is 97.3 Å². The van der Waals surface area contributed by atoms with Gasteiger partial charge in [0.25, 0.3) is 0 Å². The molecule has 21 heavy (non-hydrogen) atoms. The van der Waals surface area contributed by atoms with Gasteiger partial charge in [-0.3, -0.25) is 0 Å². The minimum atomic E-state index is 0.0203. The summed E-state index contributed by atoms with van der Waals surface area (Å²) in [4.78, 5) is 0. The van der Waals surface area contributed by atoms with Gasteiger partial charge in [0.2, 0.25) is 0 Å². The third-order valence-corrected chi connectivity index (χ3v) is 5.24. The fourth-order valence-electron chi connectivity index (χ4n) is 3.66. The summed E-state index contributed by atoms with van der Waals surface area (Å²) in [6.07, 6.45) is 17.2. The second-order valence-corrected chi connectivity index (χ2v) is 7.09. The summed E-state index contributed by atoms with van der Waals surface area (Å²) < 4.78 is 6.25. The molecule has 0 amide bonds. The molecule has 126 valence electrons. The van der Waals surface area contributed by atoms with E-state index >= 15 is 0 Å². The van der Waals surface area contributed by atoms with Crippen molar-refractivity contribution in [1.29, 1.82) is 0 Å². The van der Waals surface area contributed by atoms with E-state index in [0.717, 1.165) is 12.5 Å². The molecular formula is C19H39NO. The Hall–Kier alpha value is -0.0800. The van der Waals surface area contributed by atoms with Gasteiger partial charge < -0.3 is 10.5 Å². The molecule has 0 saturated heterocycles. The molecule has 0 atom stereocenters. The summed E-state index contributed by atoms with van der Waals surface area (Å²) >= 11 is 0. The number of ether oxygens (including phenoxy) is 1. The Balaban J connectivity index is 2.08. The molecule has 1 aliphatic carbocycles. The average Bonchev–Trinajstić information content (AvgIpc) is 2.52. The van der Waals surface area contributed by atoms with Gasteiger partial charge in [0.1, 0.15) is 0 Å². The van der Waals surface area contributed by atoms with Crippen LogP contribution >= 0.6 is 0 Å². The topological polar surface area (TPSA) is 35.2 Å². The molecule has 1 fully saturated rings. The molecule has 1 aliphatic rings. The normalized spacial score (nSPS) is 26.1. The van der Waals surface area contributed by atoms with Crippen LogP contribution in [0, 0.1) is 5.92 Å². The van der Waals surface area contributed by atoms with Crippen molar-refractivity contribution in [3.05, 3.63) is 0 Å². The van der Waals surface area contributed by atoms with Crippen molar-refractivity contribution in [2.75, 3.05) is 13.2 Å². The Bertz CT molecular complexity index is 234. The van der Waals surface area contributed by atoms with E-state index in [9.17, 15) is 0 Å². The van der Waals surface area contributed by atoms with Gasteiger partial charge in [-0.05, 0) is 38.0 Å². The van der Waals surface area contributed by atoms with E-state index in [4.69, 9.17) is 10.5 Å². The first kappa shape index (κ1) is 19.0. The van der Waals surface area contributed by atoms with Crippen LogP contribution in [0.4, 0.5) is 0 Å². The van der Waals surface area contributed by atoms with E-state index in [-0.39, 0.29) is 5.60 Å². The van der Waals surface area contributed by atoms with E-state index in [1.807, 2.05) is 0 Å². The smallest absolute Gasteiger partial charge is 0.0804 e. The monoisotopic (exact) mass is 297 g/mol. The van der Waals surface area contributed by atoms with Crippen molar-refractivity contribution < 1.29 is 4.74 Å². The first-order chi connectivity index (χ1) is 10.3. The van der Waals surface area contributed by atoms with Gasteiger partial charge >= 0.3 is 0 Å². The molecule has 0 bridgehead atoms. The second-order valence-electron chi connectivity index (χ2n) is 7.09. The SMILES string of the molecule is CCCCCCCCCOC1(CN)CCC(CCC)CC1. The van der Waals surface area contributed by atoms with Gasteiger partial charge in [0.15, 0.2) is 0 Å². The molecule has 2 N–H and O–H groups in total. The first-order valence-corrected chi connectivity index (χ1v) is 9.60. The molecule has 0 unspecified atom stereocenters. The zero-order valence-electron chi connectivity index (χ0n) is 14.7. The predicted octanol–water partition coefficient (Wildman–Crippen LogP) is 5.44. The van der Waals surface area contributed by atoms with Crippen molar-refractivity contribution >= 4 is 0 Å². The second kappa shape index (κ2) is 11.5. The lowest BCUT2D eigenvalue weighted by atomic mass is 9.77. The Morgan fingerprint density at radius 3 is 2.10 bits per heavy atom. The maximum absolute atomic E-state index is 6.25. The molecule has 0 aromatic carbocycles. The number of rotatable bonds is 12. The van der Waals surface area contributed by atoms with Crippen LogP contribution in [0.2, 0.25) is 0 Å². The van der Waals surface area contributed by atoms with Crippen LogP contribution in [0.3, 0.4) is 0 Å². The molecule has 1 rings (SSSR count). The molecule has 0 aliphatic heterocycles. The highest BCUT2D eigenvalue weighted by atomic mass is 16.5. The van der Waals surface area contributed by atoms with Crippen molar-refractivity contribution in [3.8, 4) is 0 Å². The molecule has 0 radical (unpaired) electrons. The summed E-state index contributed by atoms with van der Waals surface area (Å²) in [5.74, 6) is 0.928. The van der Waals surface area contributed by atoms with E-state index in [0.29, 0.717) is 6.54 Å². The summed E-state index contributed by atoms with van der Waals surface area (Å²) in [7, 11) is 0. The maximum Gasteiger partial charge on any atom is 0.0804 e. The molecule has 2 nitrogen and oxygen atoms in total. The number of hydrogen-bond donors (Lipinski definition) is 1. The first-order valence-electron chi connectivity index (χ1n) is 9.60. The lowest BCUT2D eigenvalue weighted by Crippen LogP contribution is -2.44. The summed E-state index contributed by atoms with van der Waals surface area (Å²) in [5, 5.41) is 0. The van der Waals surface area contributed by atoms with Crippen LogP contribution in [0.5, 0.6) is 0 Å². The molecule has 0 aromatic rings. The third kappa shape index (κ3) is 7.65. The van der Waals surface area contributed by atoms with Crippen LogP contribution < -0.4 is 5.73 Å². The van der Waals surface area contributed by atoms with Crippen LogP contribution in [0.25, 0.3) is 0 Å². The Morgan fingerprint density at radius 1 is 0.905 bits per heavy atom. The van der Waals surface area contributed by atoms with E-state index < -0.39 is 0 Å². The van der Waals surface area contributed by atoms with Crippen molar-refractivity contribution in [1.82, 2.24) is 0 Å². The number of nitrogens with two attached hydrogens (primary N) is 1. The van der Waals surface area contributed by atoms with E-state index in [1.54, 1.807) is 0 Å². The maximum atomic E-state index is 6.25. The largest absolute Gasteiger partial charge is 0.374 e. The highest BCUT2D eigenvalue weighted by Crippen LogP contribution is 2.36. The molecule has 0 heterocycles. The summed E-state index contributed by atoms with van der Waals surface area (Å²) in [6, 6.07) is 0. The van der Waals surface area contributed by atoms with Crippen LogP contribution in [0.15, 0.2) is 0 Å². The van der Waals surface area contributed by atoms with Gasteiger partial charge in [0, 0.05) is 13.2 Å². The zero-order valence-corrected chi connectivity index (χ0v) is 14.7. The van der Waals surface area contributed by atoms with Gasteiger partial charge in [0.05, 0.1) is 5.60 Å². The van der Waals surface area contributed by atoms with Gasteiger partial charge in [-0.25, -0.2) is 0 Å². The molecular weight excluding hydrogens is 258 g/mol. The minimum Gasteiger partial charge on any atom is -0.374 e. The molecule has 2 heteroatoms. The molecule has 1 saturated carbocycles. The Labute approximate surface area is 133 Å². The zero-order chi connectivity index (χ0) is 15.4. The van der Waals surface area contributed by atoms with E-state index in [1.165, 1.54) is 83.5 Å². The van der Waals surface area contributed by atoms with Crippen molar-refractivity contribution in [2.24, 2.45) is 11.7 Å². The standard InChI is InChI=1S/C19H39NO/c1-3-5-6-7-8-9-10-16-21-19(17-20)14-12-18(11-4-2)13-15-19/h18H,3-17,20H2,1-2H3. The fourth-order valence-corrected chi connectivity index (χ4v) is 3.66. The summed E-state index contributed by atoms with van der Waals surface area (Å²) in [5.41, 5.74) is 6.05. The third-order valence-electron chi connectivity index (χ3n) is 5.24. The quantitative estimate of drug-likeness (QED) is 0.487. The Kier molecular flexibility index (Phi) is 10.4. The van der Waals surface area contributed by atoms with Gasteiger partial charge in [-0.2, -0.15) is 0 Å². The van der Waals surface area contributed by atoms with Gasteiger partial charge in [-0.15, -0.1) is 0 Å². The highest BCUT2D eigenvalue weighted by Gasteiger charge is 2.34. The average molecular weight is 298 g/mol. The Morgan fingerprint density at radius 2 is 1.52 bits per heavy atom. The minimum absolute atomic E-state index is 0.0203. The molecule has 0 spiro atoms. The van der Waals surface area contributed by atoms with Gasteiger partial charge in [-0.1, -0.05) is 65.2 Å². The lowest BCUT2D eigenvalue weighted by molar-refractivity contribution is -0.0729. The lowest BCUT2D eigenvalue weighted by Gasteiger charge is -2.39. The van der Waals surface area contributed by atoms with Crippen LogP contribution in [-0.2, 0) is 4.74 Å². The number of unbranched alkanes of at least 4 members (excludes halogenated alkanes) is 6. The fraction of sp³-hybridized carbons (Fsp3) is 1.00. The molecule has 0 aromatic heterocycles. The van der Waals surface area contributed by atoms with E-state index in [2.05, 4.69) is 13.8 Å². The highest BCUT2D eigenvalue weighted by molar-refractivity contribution is 4.88. The van der Waals surface area contributed by atoms with Crippen molar-refractivity contribution in [2.45, 2.75) is 103 Å². The predicted molar refractivity (Wildman–Crippen MR) is 92.6 cm³/mol. The van der Waals surface area contributed by atoms with Crippen molar-refractivity contribution in [3.63, 3.8) is 0 Å².